The first-order valence-corrected chi connectivity index (χ1v) is 9.20. The van der Waals surface area contributed by atoms with E-state index in [0.717, 1.165) is 19.3 Å². The van der Waals surface area contributed by atoms with Crippen molar-refractivity contribution >= 4 is 11.6 Å². The zero-order valence-corrected chi connectivity index (χ0v) is 15.3. The van der Waals surface area contributed by atoms with Crippen molar-refractivity contribution in [3.63, 3.8) is 0 Å². The largest absolute Gasteiger partial charge is 0.377 e. The molecule has 3 aliphatic carbocycles. The van der Waals surface area contributed by atoms with Crippen LogP contribution in [0.3, 0.4) is 0 Å². The van der Waals surface area contributed by atoms with E-state index in [0.29, 0.717) is 17.4 Å². The van der Waals surface area contributed by atoms with Crippen molar-refractivity contribution in [1.82, 2.24) is 0 Å². The monoisotopic (exact) mass is 332 g/mol. The predicted molar refractivity (Wildman–Crippen MR) is 89.3 cm³/mol. The second-order valence-electron chi connectivity index (χ2n) is 9.42. The van der Waals surface area contributed by atoms with Gasteiger partial charge >= 0.3 is 0 Å². The second kappa shape index (κ2) is 4.59. The molecule has 3 fully saturated rings. The number of ketones is 2. The third-order valence-corrected chi connectivity index (χ3v) is 7.51. The third-order valence-electron chi connectivity index (χ3n) is 7.51. The fourth-order valence-electron chi connectivity index (χ4n) is 5.63. The number of allylic oxidation sites excluding steroid dienone is 1. The summed E-state index contributed by atoms with van der Waals surface area (Å²) < 4.78 is 5.93. The van der Waals surface area contributed by atoms with Crippen LogP contribution in [0.25, 0.3) is 0 Å². The summed E-state index contributed by atoms with van der Waals surface area (Å²) in [4.78, 5) is 25.8. The molecule has 2 saturated carbocycles. The quantitative estimate of drug-likeness (QED) is 0.693. The van der Waals surface area contributed by atoms with Crippen LogP contribution in [0.2, 0.25) is 0 Å². The third kappa shape index (κ3) is 1.99. The molecular weight excluding hydrogens is 304 g/mol. The van der Waals surface area contributed by atoms with Crippen LogP contribution in [0.15, 0.2) is 11.6 Å². The topological polar surface area (TPSA) is 66.9 Å². The maximum Gasteiger partial charge on any atom is 0.171 e. The van der Waals surface area contributed by atoms with Gasteiger partial charge in [0, 0.05) is 5.92 Å². The van der Waals surface area contributed by atoms with E-state index in [9.17, 15) is 14.7 Å². The molecule has 132 valence electrons. The summed E-state index contributed by atoms with van der Waals surface area (Å²) in [7, 11) is 0. The molecule has 4 heteroatoms. The SMILES string of the molecule is CC1=C[C@@]2(O)C(=O)[C@H](C)C[C@@H]3[C@@H](CC[C@]4(C)O[C@@H]4[C@H]2C1=O)C3(C)C. The van der Waals surface area contributed by atoms with E-state index < -0.39 is 11.5 Å². The summed E-state index contributed by atoms with van der Waals surface area (Å²) in [6.45, 7) is 10.2. The molecule has 0 aromatic rings. The number of fused-ring (bicyclic) bond motifs is 4. The molecule has 0 bridgehead atoms. The molecular formula is C20H28O4. The lowest BCUT2D eigenvalue weighted by molar-refractivity contribution is -0.145. The van der Waals surface area contributed by atoms with Gasteiger partial charge in [0.15, 0.2) is 17.2 Å². The maximum atomic E-state index is 13.1. The molecule has 4 nitrogen and oxygen atoms in total. The summed E-state index contributed by atoms with van der Waals surface area (Å²) in [5.41, 5.74) is -1.33. The lowest BCUT2D eigenvalue weighted by atomic mass is 9.75. The molecule has 4 aliphatic rings. The first-order chi connectivity index (χ1) is 11.0. The van der Waals surface area contributed by atoms with E-state index in [4.69, 9.17) is 4.74 Å². The van der Waals surface area contributed by atoms with Gasteiger partial charge in [-0.25, -0.2) is 0 Å². The molecule has 0 radical (unpaired) electrons. The molecule has 0 aromatic heterocycles. The molecule has 0 spiro atoms. The van der Waals surface area contributed by atoms with Crippen molar-refractivity contribution in [2.75, 3.05) is 0 Å². The Morgan fingerprint density at radius 3 is 2.54 bits per heavy atom. The standard InChI is InChI=1S/C20H28O4/c1-10-8-13-12(18(13,3)4)6-7-19(5)17(24-19)14-15(21)11(2)9-20(14,23)16(10)22/h9-10,12-14,17,23H,6-8H2,1-5H3/t10-,12-,13-,14-,17-,19+,20+/m1/s1. The number of carbonyl (C=O) groups is 2. The summed E-state index contributed by atoms with van der Waals surface area (Å²) in [5.74, 6) is -0.227. The van der Waals surface area contributed by atoms with Crippen molar-refractivity contribution in [3.8, 4) is 0 Å². The van der Waals surface area contributed by atoms with Gasteiger partial charge in [-0.2, -0.15) is 0 Å². The minimum Gasteiger partial charge on any atom is -0.377 e. The fraction of sp³-hybridized carbons (Fsp3) is 0.800. The number of hydrogen-bond acceptors (Lipinski definition) is 4. The van der Waals surface area contributed by atoms with Gasteiger partial charge in [0.05, 0.1) is 11.5 Å². The lowest BCUT2D eigenvalue weighted by Crippen LogP contribution is -2.50. The van der Waals surface area contributed by atoms with Crippen molar-refractivity contribution in [2.24, 2.45) is 29.1 Å². The van der Waals surface area contributed by atoms with Gasteiger partial charge in [0.1, 0.15) is 6.10 Å². The summed E-state index contributed by atoms with van der Waals surface area (Å²) in [5, 5.41) is 11.2. The van der Waals surface area contributed by atoms with E-state index in [-0.39, 0.29) is 34.6 Å². The fourth-order valence-corrected chi connectivity index (χ4v) is 5.63. The second-order valence-corrected chi connectivity index (χ2v) is 9.42. The Labute approximate surface area is 143 Å². The molecule has 4 rings (SSSR count). The first-order valence-electron chi connectivity index (χ1n) is 9.20. The van der Waals surface area contributed by atoms with E-state index in [1.165, 1.54) is 6.08 Å². The van der Waals surface area contributed by atoms with Crippen LogP contribution < -0.4 is 0 Å². The van der Waals surface area contributed by atoms with E-state index in [1.807, 2.05) is 13.8 Å². The zero-order chi connectivity index (χ0) is 17.7. The van der Waals surface area contributed by atoms with Crippen molar-refractivity contribution < 1.29 is 19.4 Å². The number of hydrogen-bond donors (Lipinski definition) is 1. The van der Waals surface area contributed by atoms with Gasteiger partial charge in [-0.15, -0.1) is 0 Å². The molecule has 1 saturated heterocycles. The smallest absolute Gasteiger partial charge is 0.171 e. The van der Waals surface area contributed by atoms with Crippen molar-refractivity contribution in [1.29, 1.82) is 0 Å². The molecule has 1 N–H and O–H groups in total. The first kappa shape index (κ1) is 16.5. The van der Waals surface area contributed by atoms with Gasteiger partial charge in [-0.05, 0) is 62.0 Å². The Balaban J connectivity index is 1.73. The van der Waals surface area contributed by atoms with Gasteiger partial charge < -0.3 is 9.84 Å². The van der Waals surface area contributed by atoms with Crippen LogP contribution in [0.4, 0.5) is 0 Å². The minimum absolute atomic E-state index is 0.128. The Kier molecular flexibility index (Phi) is 3.15. The van der Waals surface area contributed by atoms with Crippen LogP contribution in [0.5, 0.6) is 0 Å². The van der Waals surface area contributed by atoms with Crippen LogP contribution >= 0.6 is 0 Å². The molecule has 1 heterocycles. The Hall–Kier alpha value is -1.00. The molecule has 0 amide bonds. The Bertz CT molecular complexity index is 663. The average molecular weight is 332 g/mol. The average Bonchev–Trinajstić information content (AvgIpc) is 3.25. The number of ether oxygens (including phenoxy) is 1. The molecule has 0 aromatic carbocycles. The number of aliphatic hydroxyl groups is 1. The minimum atomic E-state index is -1.69. The van der Waals surface area contributed by atoms with Crippen LogP contribution in [-0.2, 0) is 14.3 Å². The highest BCUT2D eigenvalue weighted by atomic mass is 16.6. The number of carbonyl (C=O) groups excluding carboxylic acids is 2. The predicted octanol–water partition coefficient (Wildman–Crippen LogP) is 2.68. The maximum absolute atomic E-state index is 13.1. The van der Waals surface area contributed by atoms with E-state index in [1.54, 1.807) is 6.92 Å². The number of Topliss-reactive ketones (excluding diaryl/α,β-unsaturated/α-hetero) is 2. The highest BCUT2D eigenvalue weighted by Crippen LogP contribution is 2.65. The summed E-state index contributed by atoms with van der Waals surface area (Å²) >= 11 is 0. The van der Waals surface area contributed by atoms with Crippen molar-refractivity contribution in [3.05, 3.63) is 11.6 Å². The normalized spacial score (nSPS) is 52.6. The summed E-state index contributed by atoms with van der Waals surface area (Å²) in [6.07, 6.45) is 3.91. The van der Waals surface area contributed by atoms with E-state index in [2.05, 4.69) is 13.8 Å². The highest BCUT2D eigenvalue weighted by Gasteiger charge is 2.68. The van der Waals surface area contributed by atoms with Gasteiger partial charge in [-0.1, -0.05) is 20.8 Å². The van der Waals surface area contributed by atoms with Crippen molar-refractivity contribution in [2.45, 2.75) is 71.2 Å². The molecule has 1 aliphatic heterocycles. The van der Waals surface area contributed by atoms with Crippen LogP contribution in [0, 0.1) is 29.1 Å². The lowest BCUT2D eigenvalue weighted by Gasteiger charge is -2.29. The van der Waals surface area contributed by atoms with Gasteiger partial charge in [-0.3, -0.25) is 9.59 Å². The molecule has 0 unspecified atom stereocenters. The molecule has 7 atom stereocenters. The zero-order valence-electron chi connectivity index (χ0n) is 15.3. The number of epoxide rings is 1. The van der Waals surface area contributed by atoms with Crippen LogP contribution in [-0.4, -0.2) is 34.0 Å². The van der Waals surface area contributed by atoms with Crippen LogP contribution in [0.1, 0.15) is 53.9 Å². The van der Waals surface area contributed by atoms with Gasteiger partial charge in [0.25, 0.3) is 0 Å². The summed E-state index contributed by atoms with van der Waals surface area (Å²) in [6, 6.07) is 0. The molecule has 24 heavy (non-hydrogen) atoms. The highest BCUT2D eigenvalue weighted by molar-refractivity contribution is 6.09. The Morgan fingerprint density at radius 1 is 1.21 bits per heavy atom. The number of rotatable bonds is 0. The van der Waals surface area contributed by atoms with E-state index >= 15 is 0 Å². The van der Waals surface area contributed by atoms with Gasteiger partial charge in [0.2, 0.25) is 0 Å². The Morgan fingerprint density at radius 2 is 1.88 bits per heavy atom.